The first-order chi connectivity index (χ1) is 14.6. The number of hydrogen-bond donors (Lipinski definition) is 2. The third kappa shape index (κ3) is 4.81. The first-order valence-electron chi connectivity index (χ1n) is 10.4. The zero-order valence-electron chi connectivity index (χ0n) is 17.9. The van der Waals surface area contributed by atoms with Crippen LogP contribution in [-0.2, 0) is 30.6 Å². The number of halogens is 2. The van der Waals surface area contributed by atoms with Crippen LogP contribution in [0.1, 0.15) is 56.1 Å². The minimum atomic E-state index is -0.899. The fourth-order valence-electron chi connectivity index (χ4n) is 4.05. The third-order valence-corrected chi connectivity index (χ3v) is 6.36. The van der Waals surface area contributed by atoms with Gasteiger partial charge in [0.2, 0.25) is 5.91 Å². The van der Waals surface area contributed by atoms with Crippen LogP contribution >= 0.6 is 22.6 Å². The van der Waals surface area contributed by atoms with E-state index in [1.165, 1.54) is 21.1 Å². The Kier molecular flexibility index (Phi) is 5.89. The van der Waals surface area contributed by atoms with Crippen molar-refractivity contribution in [1.29, 1.82) is 0 Å². The van der Waals surface area contributed by atoms with E-state index >= 15 is 0 Å². The average molecular weight is 536 g/mol. The molecule has 0 spiro atoms. The van der Waals surface area contributed by atoms with E-state index in [-0.39, 0.29) is 23.7 Å². The monoisotopic (exact) mass is 536 g/mol. The molecule has 1 amide bonds. The molecule has 1 aromatic carbocycles. The molecule has 1 aliphatic rings. The van der Waals surface area contributed by atoms with Crippen molar-refractivity contribution in [2.45, 2.75) is 65.0 Å². The van der Waals surface area contributed by atoms with Crippen molar-refractivity contribution in [1.82, 2.24) is 24.8 Å². The maximum absolute atomic E-state index is 13.9. The number of hydrogen-bond acceptors (Lipinski definition) is 5. The van der Waals surface area contributed by atoms with Crippen molar-refractivity contribution < 1.29 is 9.18 Å². The molecule has 2 heterocycles. The second-order valence-corrected chi connectivity index (χ2v) is 10.2. The summed E-state index contributed by atoms with van der Waals surface area (Å²) in [7, 11) is 0. The molecule has 9 heteroatoms. The summed E-state index contributed by atoms with van der Waals surface area (Å²) in [5, 5.41) is 2.95. The van der Waals surface area contributed by atoms with Crippen molar-refractivity contribution in [2.75, 3.05) is 5.73 Å². The van der Waals surface area contributed by atoms with E-state index < -0.39 is 6.08 Å². The summed E-state index contributed by atoms with van der Waals surface area (Å²) in [4.78, 5) is 24.6. The number of anilines is 1. The van der Waals surface area contributed by atoms with E-state index in [4.69, 9.17) is 5.73 Å². The fraction of sp³-hybridized carbons (Fsp3) is 0.455. The standard InChI is InChI=1S/C22H26FIN6O/c1-22(2,3)29-17(31)7-8-30-16(26-18-19(25)27-21(23)28-20(18)30)11-14-9-12-5-4-6-13(12)10-15(14)24/h9-10H,4-8,11H2,1-3H3,(H,29,31)(H2,25,27,28). The summed E-state index contributed by atoms with van der Waals surface area (Å²) in [5.74, 6) is 0.612. The molecule has 0 saturated heterocycles. The number of aromatic nitrogens is 4. The number of benzene rings is 1. The SMILES string of the molecule is CC(C)(C)NC(=O)CCn1c(Cc2cc3c(cc2I)CCC3)nc2c(N)nc(F)nc21. The van der Waals surface area contributed by atoms with E-state index in [1.54, 1.807) is 4.57 Å². The Balaban J connectivity index is 1.70. The molecular formula is C22H26FIN6O. The lowest BCUT2D eigenvalue weighted by molar-refractivity contribution is -0.122. The highest BCUT2D eigenvalue weighted by Crippen LogP contribution is 2.29. The van der Waals surface area contributed by atoms with Crippen LogP contribution in [0.15, 0.2) is 12.1 Å². The highest BCUT2D eigenvalue weighted by molar-refractivity contribution is 14.1. The minimum absolute atomic E-state index is 0.00490. The number of carbonyl (C=O) groups is 1. The van der Waals surface area contributed by atoms with Crippen molar-refractivity contribution in [2.24, 2.45) is 0 Å². The number of rotatable bonds is 5. The number of carbonyl (C=O) groups excluding carboxylic acids is 1. The molecule has 164 valence electrons. The normalized spacial score (nSPS) is 13.6. The molecule has 0 radical (unpaired) electrons. The van der Waals surface area contributed by atoms with Crippen LogP contribution in [0.25, 0.3) is 11.2 Å². The fourth-order valence-corrected chi connectivity index (χ4v) is 4.78. The maximum Gasteiger partial charge on any atom is 0.312 e. The Labute approximate surface area is 194 Å². The predicted octanol–water partition coefficient (Wildman–Crippen LogP) is 3.54. The van der Waals surface area contributed by atoms with Gasteiger partial charge in [-0.3, -0.25) is 4.79 Å². The Hall–Kier alpha value is -2.30. The smallest absolute Gasteiger partial charge is 0.312 e. The van der Waals surface area contributed by atoms with E-state index in [0.29, 0.717) is 30.0 Å². The topological polar surface area (TPSA) is 98.7 Å². The lowest BCUT2D eigenvalue weighted by Crippen LogP contribution is -2.40. The van der Waals surface area contributed by atoms with Crippen LogP contribution in [0.4, 0.5) is 10.2 Å². The molecule has 0 saturated carbocycles. The quantitative estimate of drug-likeness (QED) is 0.384. The first kappa shape index (κ1) is 21.9. The molecule has 31 heavy (non-hydrogen) atoms. The molecule has 0 fully saturated rings. The summed E-state index contributed by atoms with van der Waals surface area (Å²) in [6.07, 6.45) is 3.27. The highest BCUT2D eigenvalue weighted by atomic mass is 127. The Morgan fingerprint density at radius 1 is 1.23 bits per heavy atom. The number of aryl methyl sites for hydroxylation is 3. The first-order valence-corrected chi connectivity index (χ1v) is 11.5. The minimum Gasteiger partial charge on any atom is -0.382 e. The number of amides is 1. The van der Waals surface area contributed by atoms with E-state index in [1.807, 2.05) is 20.8 Å². The summed E-state index contributed by atoms with van der Waals surface area (Å²) in [5.41, 5.74) is 10.2. The van der Waals surface area contributed by atoms with E-state index in [0.717, 1.165) is 18.4 Å². The van der Waals surface area contributed by atoms with Crippen LogP contribution in [0.3, 0.4) is 0 Å². The molecule has 0 unspecified atom stereocenters. The second kappa shape index (κ2) is 8.33. The zero-order valence-corrected chi connectivity index (χ0v) is 20.1. The number of nitrogen functional groups attached to an aromatic ring is 1. The van der Waals surface area contributed by atoms with Gasteiger partial charge in [-0.05, 0) is 85.4 Å². The lowest BCUT2D eigenvalue weighted by atomic mass is 10.0. The number of nitrogens with zero attached hydrogens (tertiary/aromatic N) is 4. The Morgan fingerprint density at radius 2 is 1.94 bits per heavy atom. The van der Waals surface area contributed by atoms with Gasteiger partial charge in [-0.15, -0.1) is 0 Å². The molecule has 0 aliphatic heterocycles. The van der Waals surface area contributed by atoms with Crippen molar-refractivity contribution in [3.05, 3.63) is 44.3 Å². The van der Waals surface area contributed by atoms with Gasteiger partial charge in [-0.2, -0.15) is 14.4 Å². The van der Waals surface area contributed by atoms with E-state index in [9.17, 15) is 9.18 Å². The van der Waals surface area contributed by atoms with Gasteiger partial charge in [0.05, 0.1) is 0 Å². The summed E-state index contributed by atoms with van der Waals surface area (Å²) < 4.78 is 16.9. The van der Waals surface area contributed by atoms with Crippen LogP contribution in [0.2, 0.25) is 0 Å². The second-order valence-electron chi connectivity index (χ2n) is 9.02. The highest BCUT2D eigenvalue weighted by Gasteiger charge is 2.21. The molecule has 3 N–H and O–H groups in total. The molecule has 0 bridgehead atoms. The molecule has 4 rings (SSSR count). The van der Waals surface area contributed by atoms with Crippen LogP contribution in [-0.4, -0.2) is 31.0 Å². The number of nitrogens with two attached hydrogens (primary N) is 1. The van der Waals surface area contributed by atoms with Crippen LogP contribution in [0.5, 0.6) is 0 Å². The van der Waals surface area contributed by atoms with E-state index in [2.05, 4.69) is 55.0 Å². The van der Waals surface area contributed by atoms with Crippen molar-refractivity contribution in [3.63, 3.8) is 0 Å². The van der Waals surface area contributed by atoms with Crippen molar-refractivity contribution >= 4 is 45.5 Å². The van der Waals surface area contributed by atoms with Gasteiger partial charge in [0.25, 0.3) is 0 Å². The van der Waals surface area contributed by atoms with Gasteiger partial charge in [0.15, 0.2) is 17.0 Å². The zero-order chi connectivity index (χ0) is 22.3. The lowest BCUT2D eigenvalue weighted by Gasteiger charge is -2.20. The van der Waals surface area contributed by atoms with Crippen LogP contribution < -0.4 is 11.1 Å². The summed E-state index contributed by atoms with van der Waals surface area (Å²) >= 11 is 2.36. The van der Waals surface area contributed by atoms with Gasteiger partial charge < -0.3 is 15.6 Å². The summed E-state index contributed by atoms with van der Waals surface area (Å²) in [6.45, 7) is 6.12. The number of fused-ring (bicyclic) bond motifs is 2. The average Bonchev–Trinajstić information content (AvgIpc) is 3.23. The third-order valence-electron chi connectivity index (χ3n) is 5.36. The van der Waals surface area contributed by atoms with Crippen molar-refractivity contribution in [3.8, 4) is 0 Å². The van der Waals surface area contributed by atoms with Gasteiger partial charge >= 0.3 is 6.08 Å². The molecule has 2 aromatic heterocycles. The van der Waals surface area contributed by atoms with Gasteiger partial charge in [0.1, 0.15) is 5.82 Å². The molecule has 3 aromatic rings. The largest absolute Gasteiger partial charge is 0.382 e. The van der Waals surface area contributed by atoms with Gasteiger partial charge in [-0.1, -0.05) is 6.07 Å². The van der Waals surface area contributed by atoms with Crippen LogP contribution in [0, 0.1) is 9.65 Å². The van der Waals surface area contributed by atoms with Gasteiger partial charge in [-0.25, -0.2) is 4.98 Å². The number of imidazole rings is 1. The Bertz CT molecular complexity index is 1170. The van der Waals surface area contributed by atoms with Gasteiger partial charge in [0, 0.05) is 28.5 Å². The predicted molar refractivity (Wildman–Crippen MR) is 126 cm³/mol. The molecule has 7 nitrogen and oxygen atoms in total. The Morgan fingerprint density at radius 3 is 2.65 bits per heavy atom. The number of nitrogens with one attached hydrogen (secondary N) is 1. The molecular weight excluding hydrogens is 510 g/mol. The molecule has 1 aliphatic carbocycles. The molecule has 0 atom stereocenters. The summed E-state index contributed by atoms with van der Waals surface area (Å²) in [6, 6.07) is 4.49. The maximum atomic E-state index is 13.9.